The fraction of sp³-hybridized carbons (Fsp3) is 0.333. The molecule has 0 spiro atoms. The zero-order valence-corrected chi connectivity index (χ0v) is 14.0. The lowest BCUT2D eigenvalue weighted by Crippen LogP contribution is -2.31. The minimum atomic E-state index is -0.795. The van der Waals surface area contributed by atoms with Gasteiger partial charge in [-0.2, -0.15) is 0 Å². The van der Waals surface area contributed by atoms with Crippen molar-refractivity contribution in [3.05, 3.63) is 48.5 Å². The van der Waals surface area contributed by atoms with E-state index in [4.69, 9.17) is 9.47 Å². The van der Waals surface area contributed by atoms with E-state index in [0.717, 1.165) is 0 Å². The van der Waals surface area contributed by atoms with Gasteiger partial charge in [-0.1, -0.05) is 6.92 Å². The van der Waals surface area contributed by atoms with Crippen molar-refractivity contribution < 1.29 is 19.1 Å². The SMILES string of the molecule is CCC(=O)Oc1ccnc(CC(C)(C)C(=O)Oc2cccnc2)c1. The molecular weight excluding hydrogens is 308 g/mol. The van der Waals surface area contributed by atoms with Crippen LogP contribution in [-0.4, -0.2) is 21.9 Å². The second kappa shape index (κ2) is 7.68. The van der Waals surface area contributed by atoms with Gasteiger partial charge >= 0.3 is 11.9 Å². The summed E-state index contributed by atoms with van der Waals surface area (Å²) >= 11 is 0. The molecule has 2 aromatic rings. The third-order valence-electron chi connectivity index (χ3n) is 3.33. The second-order valence-electron chi connectivity index (χ2n) is 5.95. The molecule has 0 N–H and O–H groups in total. The zero-order valence-electron chi connectivity index (χ0n) is 14.0. The maximum Gasteiger partial charge on any atom is 0.317 e. The molecule has 6 nitrogen and oxygen atoms in total. The Bertz CT molecular complexity index is 714. The van der Waals surface area contributed by atoms with Gasteiger partial charge in [-0.3, -0.25) is 19.6 Å². The highest BCUT2D eigenvalue weighted by Crippen LogP contribution is 2.25. The quantitative estimate of drug-likeness (QED) is 0.759. The molecular formula is C18H20N2O4. The van der Waals surface area contributed by atoms with Gasteiger partial charge in [0.15, 0.2) is 0 Å². The number of pyridine rings is 2. The lowest BCUT2D eigenvalue weighted by molar-refractivity contribution is -0.144. The first kappa shape index (κ1) is 17.6. The Morgan fingerprint density at radius 2 is 1.92 bits per heavy atom. The lowest BCUT2D eigenvalue weighted by Gasteiger charge is -2.22. The van der Waals surface area contributed by atoms with E-state index in [1.807, 2.05) is 0 Å². The third kappa shape index (κ3) is 4.87. The number of esters is 2. The topological polar surface area (TPSA) is 78.4 Å². The van der Waals surface area contributed by atoms with Crippen LogP contribution < -0.4 is 9.47 Å². The summed E-state index contributed by atoms with van der Waals surface area (Å²) in [4.78, 5) is 31.9. The van der Waals surface area contributed by atoms with Gasteiger partial charge in [0.25, 0.3) is 0 Å². The van der Waals surface area contributed by atoms with E-state index in [9.17, 15) is 9.59 Å². The zero-order chi connectivity index (χ0) is 17.6. The van der Waals surface area contributed by atoms with E-state index < -0.39 is 5.41 Å². The monoisotopic (exact) mass is 328 g/mol. The number of carbonyl (C=O) groups is 2. The number of carbonyl (C=O) groups excluding carboxylic acids is 2. The molecule has 2 heterocycles. The standard InChI is InChI=1S/C18H20N2O4/c1-4-16(21)23-14-7-9-20-13(10-14)11-18(2,3)17(22)24-15-6-5-8-19-12-15/h5-10,12H,4,11H2,1-3H3. The molecule has 0 aliphatic carbocycles. The first-order chi connectivity index (χ1) is 11.4. The van der Waals surface area contributed by atoms with E-state index in [2.05, 4.69) is 9.97 Å². The van der Waals surface area contributed by atoms with Gasteiger partial charge in [0.1, 0.15) is 11.5 Å². The summed E-state index contributed by atoms with van der Waals surface area (Å²) in [5, 5.41) is 0. The number of nitrogens with zero attached hydrogens (tertiary/aromatic N) is 2. The van der Waals surface area contributed by atoms with E-state index >= 15 is 0 Å². The van der Waals surface area contributed by atoms with Crippen molar-refractivity contribution in [2.75, 3.05) is 0 Å². The number of ether oxygens (including phenoxy) is 2. The molecule has 0 amide bonds. The maximum atomic E-state index is 12.4. The molecule has 126 valence electrons. The Balaban J connectivity index is 2.06. The van der Waals surface area contributed by atoms with Crippen LogP contribution in [0.2, 0.25) is 0 Å². The second-order valence-corrected chi connectivity index (χ2v) is 5.95. The van der Waals surface area contributed by atoms with Crippen LogP contribution in [0.25, 0.3) is 0 Å². The van der Waals surface area contributed by atoms with Gasteiger partial charge < -0.3 is 9.47 Å². The van der Waals surface area contributed by atoms with Gasteiger partial charge in [-0.05, 0) is 32.0 Å². The largest absolute Gasteiger partial charge is 0.426 e. The van der Waals surface area contributed by atoms with Crippen molar-refractivity contribution in [2.24, 2.45) is 5.41 Å². The Morgan fingerprint density at radius 3 is 2.58 bits per heavy atom. The van der Waals surface area contributed by atoms with Crippen molar-refractivity contribution in [2.45, 2.75) is 33.6 Å². The summed E-state index contributed by atoms with van der Waals surface area (Å²) in [7, 11) is 0. The highest BCUT2D eigenvalue weighted by molar-refractivity contribution is 5.78. The summed E-state index contributed by atoms with van der Waals surface area (Å²) in [5.41, 5.74) is -0.152. The maximum absolute atomic E-state index is 12.4. The lowest BCUT2D eigenvalue weighted by atomic mass is 9.87. The Morgan fingerprint density at radius 1 is 1.12 bits per heavy atom. The van der Waals surface area contributed by atoms with Crippen LogP contribution in [-0.2, 0) is 16.0 Å². The fourth-order valence-corrected chi connectivity index (χ4v) is 2.00. The Kier molecular flexibility index (Phi) is 5.63. The molecule has 0 aromatic carbocycles. The molecule has 0 fully saturated rings. The molecule has 0 saturated carbocycles. The van der Waals surface area contributed by atoms with Crippen LogP contribution in [0.1, 0.15) is 32.9 Å². The Labute approximate surface area is 140 Å². The van der Waals surface area contributed by atoms with Crippen molar-refractivity contribution in [3.8, 4) is 11.5 Å². The average Bonchev–Trinajstić information content (AvgIpc) is 2.55. The molecule has 2 aromatic heterocycles. The molecule has 0 aliphatic heterocycles. The summed E-state index contributed by atoms with van der Waals surface area (Å²) in [5.74, 6) is 0.119. The van der Waals surface area contributed by atoms with E-state index in [1.54, 1.807) is 57.4 Å². The predicted octanol–water partition coefficient (Wildman–Crippen LogP) is 2.97. The van der Waals surface area contributed by atoms with E-state index in [-0.39, 0.29) is 11.9 Å². The smallest absolute Gasteiger partial charge is 0.317 e. The van der Waals surface area contributed by atoms with Crippen molar-refractivity contribution in [1.82, 2.24) is 9.97 Å². The van der Waals surface area contributed by atoms with Gasteiger partial charge in [0.05, 0.1) is 11.6 Å². The number of rotatable bonds is 6. The predicted molar refractivity (Wildman–Crippen MR) is 87.5 cm³/mol. The van der Waals surface area contributed by atoms with Crippen LogP contribution in [0.4, 0.5) is 0 Å². The minimum Gasteiger partial charge on any atom is -0.426 e. The molecule has 6 heteroatoms. The highest BCUT2D eigenvalue weighted by atomic mass is 16.5. The van der Waals surface area contributed by atoms with E-state index in [0.29, 0.717) is 30.0 Å². The van der Waals surface area contributed by atoms with Crippen LogP contribution in [0.15, 0.2) is 42.9 Å². The molecule has 0 radical (unpaired) electrons. The normalized spacial score (nSPS) is 11.0. The van der Waals surface area contributed by atoms with E-state index in [1.165, 1.54) is 6.20 Å². The average molecular weight is 328 g/mol. The minimum absolute atomic E-state index is 0.292. The first-order valence-electron chi connectivity index (χ1n) is 7.68. The van der Waals surface area contributed by atoms with Gasteiger partial charge in [0, 0.05) is 37.0 Å². The molecule has 0 aliphatic rings. The highest BCUT2D eigenvalue weighted by Gasteiger charge is 2.31. The van der Waals surface area contributed by atoms with Crippen LogP contribution in [0, 0.1) is 5.41 Å². The summed E-state index contributed by atoms with van der Waals surface area (Å²) in [6.07, 6.45) is 5.28. The van der Waals surface area contributed by atoms with Gasteiger partial charge in [-0.25, -0.2) is 0 Å². The third-order valence-corrected chi connectivity index (χ3v) is 3.33. The molecule has 24 heavy (non-hydrogen) atoms. The van der Waals surface area contributed by atoms with Crippen molar-refractivity contribution >= 4 is 11.9 Å². The summed E-state index contributed by atoms with van der Waals surface area (Å²) < 4.78 is 10.5. The van der Waals surface area contributed by atoms with Crippen molar-refractivity contribution in [1.29, 1.82) is 0 Å². The van der Waals surface area contributed by atoms with Gasteiger partial charge in [-0.15, -0.1) is 0 Å². The van der Waals surface area contributed by atoms with Crippen molar-refractivity contribution in [3.63, 3.8) is 0 Å². The summed E-state index contributed by atoms with van der Waals surface area (Å²) in [6, 6.07) is 6.64. The molecule has 0 bridgehead atoms. The molecule has 0 saturated heterocycles. The van der Waals surface area contributed by atoms with Gasteiger partial charge in [0.2, 0.25) is 0 Å². The molecule has 2 rings (SSSR count). The number of aromatic nitrogens is 2. The number of hydrogen-bond donors (Lipinski definition) is 0. The first-order valence-corrected chi connectivity index (χ1v) is 7.68. The number of hydrogen-bond acceptors (Lipinski definition) is 6. The Hall–Kier alpha value is -2.76. The van der Waals surface area contributed by atoms with Crippen LogP contribution in [0.3, 0.4) is 0 Å². The fourth-order valence-electron chi connectivity index (χ4n) is 2.00. The van der Waals surface area contributed by atoms with Crippen LogP contribution >= 0.6 is 0 Å². The summed E-state index contributed by atoms with van der Waals surface area (Å²) in [6.45, 7) is 5.28. The molecule has 0 unspecified atom stereocenters. The van der Waals surface area contributed by atoms with Crippen LogP contribution in [0.5, 0.6) is 11.5 Å². The molecule has 0 atom stereocenters.